The van der Waals surface area contributed by atoms with Gasteiger partial charge in [-0.25, -0.2) is 0 Å². The predicted octanol–water partition coefficient (Wildman–Crippen LogP) is 2.46. The molecule has 3 rings (SSSR count). The van der Waals surface area contributed by atoms with Gasteiger partial charge in [-0.15, -0.1) is 0 Å². The molecule has 2 aliphatic carbocycles. The fourth-order valence-electron chi connectivity index (χ4n) is 4.10. The molecule has 1 spiro atoms. The molecule has 1 amide bonds. The van der Waals surface area contributed by atoms with Gasteiger partial charge in [0.1, 0.15) is 0 Å². The van der Waals surface area contributed by atoms with E-state index in [1.54, 1.807) is 0 Å². The van der Waals surface area contributed by atoms with Crippen LogP contribution in [0, 0.1) is 17.3 Å². The molecule has 3 nitrogen and oxygen atoms in total. The van der Waals surface area contributed by atoms with Gasteiger partial charge in [-0.3, -0.25) is 4.79 Å². The highest BCUT2D eigenvalue weighted by Gasteiger charge is 2.58. The maximum atomic E-state index is 12.5. The first-order chi connectivity index (χ1) is 9.03. The fraction of sp³-hybridized carbons (Fsp3) is 0.938. The summed E-state index contributed by atoms with van der Waals surface area (Å²) in [5, 5.41) is 6.79. The van der Waals surface area contributed by atoms with Gasteiger partial charge in [0.2, 0.25) is 5.91 Å². The summed E-state index contributed by atoms with van der Waals surface area (Å²) in [6, 6.07) is 0. The summed E-state index contributed by atoms with van der Waals surface area (Å²) in [6.07, 6.45) is 8.35. The summed E-state index contributed by atoms with van der Waals surface area (Å²) in [5.41, 5.74) is 0.438. The van der Waals surface area contributed by atoms with Crippen molar-refractivity contribution >= 4 is 5.91 Å². The van der Waals surface area contributed by atoms with E-state index in [1.165, 1.54) is 25.7 Å². The molecule has 3 fully saturated rings. The highest BCUT2D eigenvalue weighted by molar-refractivity contribution is 5.83. The normalized spacial score (nSPS) is 40.9. The summed E-state index contributed by atoms with van der Waals surface area (Å²) in [6.45, 7) is 6.76. The molecule has 2 N–H and O–H groups in total. The number of carbonyl (C=O) groups excluding carboxylic acids is 1. The SMILES string of the molecule is CC1CCC(C)(NC(=O)C2CC23CCNCC3)CC1. The minimum Gasteiger partial charge on any atom is -0.351 e. The van der Waals surface area contributed by atoms with Crippen molar-refractivity contribution in [1.29, 1.82) is 0 Å². The van der Waals surface area contributed by atoms with Gasteiger partial charge in [0.05, 0.1) is 0 Å². The molecule has 0 aromatic rings. The van der Waals surface area contributed by atoms with E-state index in [-0.39, 0.29) is 5.54 Å². The lowest BCUT2D eigenvalue weighted by Crippen LogP contribution is -2.49. The molecule has 2 saturated carbocycles. The number of nitrogens with one attached hydrogen (secondary N) is 2. The molecule has 0 bridgehead atoms. The van der Waals surface area contributed by atoms with Crippen molar-refractivity contribution in [1.82, 2.24) is 10.6 Å². The Morgan fingerprint density at radius 1 is 1.16 bits per heavy atom. The molecule has 0 radical (unpaired) electrons. The van der Waals surface area contributed by atoms with E-state index < -0.39 is 0 Å². The van der Waals surface area contributed by atoms with E-state index in [1.807, 2.05) is 0 Å². The van der Waals surface area contributed by atoms with Crippen LogP contribution in [0.3, 0.4) is 0 Å². The smallest absolute Gasteiger partial charge is 0.224 e. The van der Waals surface area contributed by atoms with Crippen molar-refractivity contribution in [2.75, 3.05) is 13.1 Å². The maximum absolute atomic E-state index is 12.5. The molecule has 0 aromatic carbocycles. The molecule has 1 atom stereocenters. The highest BCUT2D eigenvalue weighted by Crippen LogP contribution is 2.58. The lowest BCUT2D eigenvalue weighted by atomic mass is 9.78. The molecular weight excluding hydrogens is 236 g/mol. The van der Waals surface area contributed by atoms with E-state index in [0.717, 1.165) is 38.3 Å². The largest absolute Gasteiger partial charge is 0.351 e. The van der Waals surface area contributed by atoms with Gasteiger partial charge in [-0.2, -0.15) is 0 Å². The van der Waals surface area contributed by atoms with Gasteiger partial charge >= 0.3 is 0 Å². The quantitative estimate of drug-likeness (QED) is 0.804. The number of carbonyl (C=O) groups is 1. The zero-order chi connectivity index (χ0) is 13.5. The van der Waals surface area contributed by atoms with E-state index in [2.05, 4.69) is 24.5 Å². The molecule has 1 saturated heterocycles. The molecule has 108 valence electrons. The molecule has 19 heavy (non-hydrogen) atoms. The van der Waals surface area contributed by atoms with Gasteiger partial charge in [-0.1, -0.05) is 6.92 Å². The Morgan fingerprint density at radius 3 is 2.42 bits per heavy atom. The first-order valence-electron chi connectivity index (χ1n) is 8.06. The van der Waals surface area contributed by atoms with E-state index in [0.29, 0.717) is 17.2 Å². The number of hydrogen-bond donors (Lipinski definition) is 2. The lowest BCUT2D eigenvalue weighted by molar-refractivity contribution is -0.125. The maximum Gasteiger partial charge on any atom is 0.224 e. The van der Waals surface area contributed by atoms with Crippen LogP contribution in [0.5, 0.6) is 0 Å². The zero-order valence-corrected chi connectivity index (χ0v) is 12.4. The third kappa shape index (κ3) is 2.67. The van der Waals surface area contributed by atoms with Crippen LogP contribution in [0.2, 0.25) is 0 Å². The van der Waals surface area contributed by atoms with Crippen molar-refractivity contribution in [2.45, 2.75) is 64.3 Å². The summed E-state index contributed by atoms with van der Waals surface area (Å²) in [5.74, 6) is 1.49. The van der Waals surface area contributed by atoms with Gasteiger partial charge in [0.15, 0.2) is 0 Å². The van der Waals surface area contributed by atoms with E-state index in [9.17, 15) is 4.79 Å². The Morgan fingerprint density at radius 2 is 1.79 bits per heavy atom. The Balaban J connectivity index is 1.54. The van der Waals surface area contributed by atoms with Gasteiger partial charge in [0, 0.05) is 11.5 Å². The Kier molecular flexibility index (Phi) is 3.36. The molecular formula is C16H28N2O. The van der Waals surface area contributed by atoms with Crippen molar-refractivity contribution in [3.05, 3.63) is 0 Å². The number of hydrogen-bond acceptors (Lipinski definition) is 2. The number of amides is 1. The summed E-state index contributed by atoms with van der Waals surface area (Å²) in [7, 11) is 0. The van der Waals surface area contributed by atoms with E-state index in [4.69, 9.17) is 0 Å². The third-order valence-corrected chi connectivity index (χ3v) is 5.91. The Labute approximate surface area is 116 Å². The van der Waals surface area contributed by atoms with Crippen LogP contribution in [-0.2, 0) is 4.79 Å². The number of piperidine rings is 1. The van der Waals surface area contributed by atoms with Crippen LogP contribution in [0.15, 0.2) is 0 Å². The number of rotatable bonds is 2. The van der Waals surface area contributed by atoms with Gasteiger partial charge < -0.3 is 10.6 Å². The molecule has 0 aromatic heterocycles. The lowest BCUT2D eigenvalue weighted by Gasteiger charge is -2.37. The Hall–Kier alpha value is -0.570. The standard InChI is InChI=1S/C16H28N2O/c1-12-3-5-15(2,6-4-12)18-14(19)13-11-16(13)7-9-17-10-8-16/h12-13,17H,3-11H2,1-2H3,(H,18,19). The summed E-state index contributed by atoms with van der Waals surface area (Å²) >= 11 is 0. The van der Waals surface area contributed by atoms with Crippen molar-refractivity contribution in [2.24, 2.45) is 17.3 Å². The van der Waals surface area contributed by atoms with Crippen LogP contribution in [-0.4, -0.2) is 24.5 Å². The van der Waals surface area contributed by atoms with Crippen LogP contribution < -0.4 is 10.6 Å². The predicted molar refractivity (Wildman–Crippen MR) is 76.8 cm³/mol. The van der Waals surface area contributed by atoms with Crippen LogP contribution in [0.1, 0.15) is 58.8 Å². The molecule has 3 aliphatic rings. The molecule has 1 heterocycles. The summed E-state index contributed by atoms with van der Waals surface area (Å²) < 4.78 is 0. The fourth-order valence-corrected chi connectivity index (χ4v) is 4.10. The molecule has 1 aliphatic heterocycles. The van der Waals surface area contributed by atoms with Crippen molar-refractivity contribution in [3.8, 4) is 0 Å². The van der Waals surface area contributed by atoms with Crippen molar-refractivity contribution < 1.29 is 4.79 Å². The Bertz CT molecular complexity index is 352. The zero-order valence-electron chi connectivity index (χ0n) is 12.4. The third-order valence-electron chi connectivity index (χ3n) is 5.91. The molecule has 3 heteroatoms. The van der Waals surface area contributed by atoms with Crippen LogP contribution >= 0.6 is 0 Å². The first kappa shape index (κ1) is 13.4. The average molecular weight is 264 g/mol. The van der Waals surface area contributed by atoms with Crippen LogP contribution in [0.4, 0.5) is 0 Å². The minimum absolute atomic E-state index is 0.0697. The molecule has 1 unspecified atom stereocenters. The monoisotopic (exact) mass is 264 g/mol. The first-order valence-corrected chi connectivity index (χ1v) is 8.06. The highest BCUT2D eigenvalue weighted by atomic mass is 16.2. The topological polar surface area (TPSA) is 41.1 Å². The van der Waals surface area contributed by atoms with Gasteiger partial charge in [0.25, 0.3) is 0 Å². The average Bonchev–Trinajstić information content (AvgIpc) is 3.08. The second-order valence-corrected chi connectivity index (χ2v) is 7.60. The van der Waals surface area contributed by atoms with E-state index >= 15 is 0 Å². The van der Waals surface area contributed by atoms with Gasteiger partial charge in [-0.05, 0) is 76.3 Å². The van der Waals surface area contributed by atoms with Crippen LogP contribution in [0.25, 0.3) is 0 Å². The second kappa shape index (κ2) is 4.76. The second-order valence-electron chi connectivity index (χ2n) is 7.60. The van der Waals surface area contributed by atoms with Crippen molar-refractivity contribution in [3.63, 3.8) is 0 Å². The minimum atomic E-state index is 0.0697. The summed E-state index contributed by atoms with van der Waals surface area (Å²) in [4.78, 5) is 12.5.